The number of fused-ring (bicyclic) bond motifs is 1. The van der Waals surface area contributed by atoms with Crippen LogP contribution in [0.4, 0.5) is 8.78 Å². The van der Waals surface area contributed by atoms with Gasteiger partial charge in [0.1, 0.15) is 11.3 Å². The predicted octanol–water partition coefficient (Wildman–Crippen LogP) is 3.66. The number of carbonyl (C=O) groups excluding carboxylic acids is 1. The third-order valence-corrected chi connectivity index (χ3v) is 4.66. The minimum Gasteiger partial charge on any atom is -0.352 e. The van der Waals surface area contributed by atoms with Crippen molar-refractivity contribution in [2.24, 2.45) is 0 Å². The smallest absolute Gasteiger partial charge is 0.280 e. The summed E-state index contributed by atoms with van der Waals surface area (Å²) in [4.78, 5) is 17.1. The van der Waals surface area contributed by atoms with Crippen LogP contribution in [0.2, 0.25) is 0 Å². The molecule has 4 rings (SSSR count). The molecule has 0 spiro atoms. The molecule has 7 nitrogen and oxygen atoms in total. The molecule has 0 aliphatic rings. The van der Waals surface area contributed by atoms with E-state index in [0.717, 1.165) is 10.2 Å². The topological polar surface area (TPSA) is 77.1 Å². The van der Waals surface area contributed by atoms with Crippen LogP contribution in [0.15, 0.2) is 54.9 Å². The van der Waals surface area contributed by atoms with Crippen LogP contribution in [0.3, 0.4) is 0 Å². The summed E-state index contributed by atoms with van der Waals surface area (Å²) in [6.45, 7) is 2.98. The Hall–Kier alpha value is -3.62. The van der Waals surface area contributed by atoms with Gasteiger partial charge in [0.25, 0.3) is 12.3 Å². The highest BCUT2D eigenvalue weighted by molar-refractivity contribution is 5.99. The van der Waals surface area contributed by atoms with Crippen LogP contribution in [0, 0.1) is 6.92 Å². The van der Waals surface area contributed by atoms with Crippen LogP contribution in [-0.4, -0.2) is 36.8 Å². The van der Waals surface area contributed by atoms with E-state index in [1.54, 1.807) is 28.9 Å². The van der Waals surface area contributed by atoms with Crippen molar-refractivity contribution in [2.75, 3.05) is 6.54 Å². The molecule has 4 aromatic rings. The van der Waals surface area contributed by atoms with Crippen LogP contribution in [-0.2, 0) is 6.54 Å². The molecule has 1 N–H and O–H groups in total. The van der Waals surface area contributed by atoms with Gasteiger partial charge in [-0.3, -0.25) is 9.48 Å². The number of rotatable bonds is 7. The Morgan fingerprint density at radius 2 is 2.00 bits per heavy atom. The van der Waals surface area contributed by atoms with Gasteiger partial charge in [-0.05, 0) is 25.5 Å². The first-order chi connectivity index (χ1) is 14.5. The molecule has 0 saturated carbocycles. The molecule has 0 radical (unpaired) electrons. The number of alkyl halides is 2. The molecular formula is C21H20F2N6O. The van der Waals surface area contributed by atoms with Crippen LogP contribution in [0.1, 0.15) is 34.6 Å². The van der Waals surface area contributed by atoms with Crippen molar-refractivity contribution in [1.82, 2.24) is 29.7 Å². The fourth-order valence-electron chi connectivity index (χ4n) is 3.18. The summed E-state index contributed by atoms with van der Waals surface area (Å²) in [5, 5.41) is 11.1. The van der Waals surface area contributed by atoms with E-state index < -0.39 is 12.3 Å². The summed E-state index contributed by atoms with van der Waals surface area (Å²) in [7, 11) is 0. The maximum atomic E-state index is 13.6. The molecule has 0 fully saturated rings. The molecule has 9 heteroatoms. The number of nitrogens with one attached hydrogen (secondary N) is 1. The average molecular weight is 410 g/mol. The van der Waals surface area contributed by atoms with Gasteiger partial charge in [-0.2, -0.15) is 10.2 Å². The fraction of sp³-hybridized carbons (Fsp3) is 0.238. The number of aromatic nitrogens is 5. The molecule has 30 heavy (non-hydrogen) atoms. The maximum Gasteiger partial charge on any atom is 0.280 e. The third kappa shape index (κ3) is 4.05. The van der Waals surface area contributed by atoms with Gasteiger partial charge in [-0.1, -0.05) is 30.3 Å². The summed E-state index contributed by atoms with van der Waals surface area (Å²) in [5.74, 6) is -0.403. The van der Waals surface area contributed by atoms with Crippen LogP contribution in [0.25, 0.3) is 16.9 Å². The van der Waals surface area contributed by atoms with Crippen LogP contribution in [0.5, 0.6) is 0 Å². The quantitative estimate of drug-likeness (QED) is 0.472. The van der Waals surface area contributed by atoms with Crippen molar-refractivity contribution in [2.45, 2.75) is 26.3 Å². The SMILES string of the molecule is Cc1ccn(CCCNC(=O)c2cnn3c(C(F)F)cc(-c4ccccc4)nc23)n1. The lowest BCUT2D eigenvalue weighted by molar-refractivity contribution is 0.0953. The number of halogens is 2. The van der Waals surface area contributed by atoms with Crippen molar-refractivity contribution < 1.29 is 13.6 Å². The number of carbonyl (C=O) groups is 1. The molecule has 3 heterocycles. The van der Waals surface area contributed by atoms with E-state index >= 15 is 0 Å². The second-order valence-electron chi connectivity index (χ2n) is 6.86. The normalized spacial score (nSPS) is 11.3. The van der Waals surface area contributed by atoms with E-state index in [1.165, 1.54) is 12.3 Å². The van der Waals surface area contributed by atoms with E-state index in [2.05, 4.69) is 20.5 Å². The number of hydrogen-bond donors (Lipinski definition) is 1. The van der Waals surface area contributed by atoms with Gasteiger partial charge in [-0.25, -0.2) is 18.3 Å². The zero-order valence-corrected chi connectivity index (χ0v) is 16.3. The monoisotopic (exact) mass is 410 g/mol. The Balaban J connectivity index is 1.56. The zero-order valence-electron chi connectivity index (χ0n) is 16.3. The minimum atomic E-state index is -2.76. The van der Waals surface area contributed by atoms with Crippen molar-refractivity contribution >= 4 is 11.6 Å². The van der Waals surface area contributed by atoms with Gasteiger partial charge in [0.2, 0.25) is 0 Å². The Morgan fingerprint density at radius 1 is 1.20 bits per heavy atom. The molecule has 0 atom stereocenters. The molecule has 0 saturated heterocycles. The third-order valence-electron chi connectivity index (χ3n) is 4.66. The molecule has 1 aromatic carbocycles. The molecule has 0 aliphatic heterocycles. The van der Waals surface area contributed by atoms with Crippen LogP contribution >= 0.6 is 0 Å². The molecule has 1 amide bonds. The van der Waals surface area contributed by atoms with Crippen molar-refractivity contribution in [1.29, 1.82) is 0 Å². The van der Waals surface area contributed by atoms with E-state index in [9.17, 15) is 13.6 Å². The average Bonchev–Trinajstić information content (AvgIpc) is 3.36. The van der Waals surface area contributed by atoms with E-state index in [0.29, 0.717) is 30.8 Å². The molecule has 0 aliphatic carbocycles. The number of hydrogen-bond acceptors (Lipinski definition) is 4. The maximum absolute atomic E-state index is 13.6. The second-order valence-corrected chi connectivity index (χ2v) is 6.86. The van der Waals surface area contributed by atoms with Crippen molar-refractivity contribution in [3.8, 4) is 11.3 Å². The Bertz CT molecular complexity index is 1170. The lowest BCUT2D eigenvalue weighted by Crippen LogP contribution is -2.25. The standard InChI is InChI=1S/C21H20F2N6O/c1-14-8-11-28(27-14)10-5-9-24-21(30)16-13-25-29-18(19(22)23)12-17(26-20(16)29)15-6-3-2-4-7-15/h2-4,6-8,11-13,19H,5,9-10H2,1H3,(H,24,30). The first-order valence-electron chi connectivity index (χ1n) is 9.53. The zero-order chi connectivity index (χ0) is 21.1. The predicted molar refractivity (Wildman–Crippen MR) is 107 cm³/mol. The van der Waals surface area contributed by atoms with Gasteiger partial charge in [0.05, 0.1) is 17.6 Å². The highest BCUT2D eigenvalue weighted by Gasteiger charge is 2.21. The first kappa shape index (κ1) is 19.7. The number of aryl methyl sites for hydroxylation is 2. The molecule has 154 valence electrons. The molecular weight excluding hydrogens is 390 g/mol. The lowest BCUT2D eigenvalue weighted by Gasteiger charge is -2.09. The summed E-state index contributed by atoms with van der Waals surface area (Å²) in [6, 6.07) is 12.2. The van der Waals surface area contributed by atoms with E-state index in [1.807, 2.05) is 25.3 Å². The first-order valence-corrected chi connectivity index (χ1v) is 9.53. The van der Waals surface area contributed by atoms with E-state index in [4.69, 9.17) is 0 Å². The lowest BCUT2D eigenvalue weighted by atomic mass is 10.1. The molecule has 3 aromatic heterocycles. The fourth-order valence-corrected chi connectivity index (χ4v) is 3.18. The van der Waals surface area contributed by atoms with Crippen molar-refractivity contribution in [3.63, 3.8) is 0 Å². The summed E-state index contributed by atoms with van der Waals surface area (Å²) in [6.07, 6.45) is 1.07. The summed E-state index contributed by atoms with van der Waals surface area (Å²) >= 11 is 0. The Morgan fingerprint density at radius 3 is 2.70 bits per heavy atom. The second kappa shape index (κ2) is 8.40. The molecule has 0 bridgehead atoms. The van der Waals surface area contributed by atoms with Gasteiger partial charge >= 0.3 is 0 Å². The van der Waals surface area contributed by atoms with Gasteiger partial charge in [0, 0.05) is 24.8 Å². The van der Waals surface area contributed by atoms with E-state index in [-0.39, 0.29) is 16.9 Å². The Labute approximate surface area is 171 Å². The van der Waals surface area contributed by atoms with Gasteiger partial charge < -0.3 is 5.32 Å². The molecule has 0 unspecified atom stereocenters. The number of benzene rings is 1. The number of amides is 1. The van der Waals surface area contributed by atoms with Crippen molar-refractivity contribution in [3.05, 3.63) is 71.8 Å². The largest absolute Gasteiger partial charge is 0.352 e. The van der Waals surface area contributed by atoms with Gasteiger partial charge in [-0.15, -0.1) is 0 Å². The van der Waals surface area contributed by atoms with Gasteiger partial charge in [0.15, 0.2) is 5.65 Å². The number of nitrogens with zero attached hydrogens (tertiary/aromatic N) is 5. The van der Waals surface area contributed by atoms with Crippen LogP contribution < -0.4 is 5.32 Å². The highest BCUT2D eigenvalue weighted by atomic mass is 19.3. The highest BCUT2D eigenvalue weighted by Crippen LogP contribution is 2.26. The minimum absolute atomic E-state index is 0.104. The summed E-state index contributed by atoms with van der Waals surface area (Å²) in [5.41, 5.74) is 1.93. The Kier molecular flexibility index (Phi) is 5.51. The summed E-state index contributed by atoms with van der Waals surface area (Å²) < 4.78 is 30.1.